The van der Waals surface area contributed by atoms with E-state index in [1.54, 1.807) is 0 Å². The van der Waals surface area contributed by atoms with Gasteiger partial charge in [0.05, 0.1) is 0 Å². The van der Waals surface area contributed by atoms with Gasteiger partial charge in [0.1, 0.15) is 0 Å². The van der Waals surface area contributed by atoms with Crippen molar-refractivity contribution in [2.45, 2.75) is 20.0 Å². The van der Waals surface area contributed by atoms with Gasteiger partial charge in [-0.2, -0.15) is 24.9 Å². The Bertz CT molecular complexity index is 192. The van der Waals surface area contributed by atoms with E-state index in [-0.39, 0.29) is 5.92 Å². The summed E-state index contributed by atoms with van der Waals surface area (Å²) in [5.41, 5.74) is 0. The molecular weight excluding hydrogens is 217 g/mol. The number of aliphatic carboxylic acids is 1. The highest BCUT2D eigenvalue weighted by Crippen LogP contribution is 2.29. The Kier molecular flexibility index (Phi) is 5.33. The molecule has 0 saturated heterocycles. The Morgan fingerprint density at radius 1 is 1.36 bits per heavy atom. The molecule has 1 atom stereocenters. The number of rotatable bonds is 5. The molecule has 6 heteroatoms. The summed E-state index contributed by atoms with van der Waals surface area (Å²) in [6.45, 7) is 3.74. The first-order valence-electron chi connectivity index (χ1n) is 4.12. The number of carboxylic acids is 1. The van der Waals surface area contributed by atoms with Crippen molar-refractivity contribution in [3.05, 3.63) is 0 Å². The molecule has 0 aromatic rings. The van der Waals surface area contributed by atoms with Gasteiger partial charge in [-0.25, -0.2) is 0 Å². The van der Waals surface area contributed by atoms with Gasteiger partial charge < -0.3 is 5.11 Å². The first kappa shape index (κ1) is 13.6. The lowest BCUT2D eigenvalue weighted by Gasteiger charge is -2.15. The number of hydrogen-bond acceptors (Lipinski definition) is 2. The van der Waals surface area contributed by atoms with Crippen LogP contribution in [-0.4, -0.2) is 28.8 Å². The smallest absolute Gasteiger partial charge is 0.403 e. The minimum atomic E-state index is -4.64. The zero-order valence-corrected chi connectivity index (χ0v) is 8.78. The summed E-state index contributed by atoms with van der Waals surface area (Å²) < 4.78 is 36.3. The number of alkyl halides is 3. The number of carbonyl (C=O) groups is 1. The summed E-state index contributed by atoms with van der Waals surface area (Å²) >= 11 is 1.02. The predicted octanol–water partition coefficient (Wildman–Crippen LogP) is 2.64. The molecule has 0 bridgehead atoms. The average Bonchev–Trinajstić information content (AvgIpc) is 1.94. The topological polar surface area (TPSA) is 37.3 Å². The second-order valence-corrected chi connectivity index (χ2v) is 4.44. The highest BCUT2D eigenvalue weighted by molar-refractivity contribution is 7.99. The molecule has 0 aliphatic heterocycles. The molecule has 0 spiro atoms. The van der Waals surface area contributed by atoms with Crippen LogP contribution in [0.5, 0.6) is 0 Å². The van der Waals surface area contributed by atoms with Gasteiger partial charge in [-0.3, -0.25) is 4.79 Å². The van der Waals surface area contributed by atoms with Crippen LogP contribution in [0.2, 0.25) is 0 Å². The average molecular weight is 230 g/mol. The summed E-state index contributed by atoms with van der Waals surface area (Å²) in [6.07, 6.45) is -4.64. The van der Waals surface area contributed by atoms with E-state index in [0.717, 1.165) is 11.8 Å². The zero-order valence-electron chi connectivity index (χ0n) is 7.97. The largest absolute Gasteiger partial charge is 0.481 e. The van der Waals surface area contributed by atoms with Gasteiger partial charge in [0.2, 0.25) is 0 Å². The third kappa shape index (κ3) is 5.36. The van der Waals surface area contributed by atoms with Crippen molar-refractivity contribution in [3.63, 3.8) is 0 Å². The third-order valence-electron chi connectivity index (χ3n) is 1.43. The fourth-order valence-electron chi connectivity index (χ4n) is 0.727. The van der Waals surface area contributed by atoms with Crippen LogP contribution in [0.25, 0.3) is 0 Å². The highest BCUT2D eigenvalue weighted by Gasteiger charge is 2.44. The molecule has 0 heterocycles. The van der Waals surface area contributed by atoms with E-state index < -0.39 is 23.8 Å². The molecule has 0 aliphatic rings. The molecule has 14 heavy (non-hydrogen) atoms. The van der Waals surface area contributed by atoms with Crippen LogP contribution >= 0.6 is 11.8 Å². The first-order valence-corrected chi connectivity index (χ1v) is 5.28. The van der Waals surface area contributed by atoms with Crippen molar-refractivity contribution in [1.82, 2.24) is 0 Å². The lowest BCUT2D eigenvalue weighted by atomic mass is 10.2. The van der Waals surface area contributed by atoms with Gasteiger partial charge in [-0.15, -0.1) is 0 Å². The van der Waals surface area contributed by atoms with E-state index in [2.05, 4.69) is 0 Å². The van der Waals surface area contributed by atoms with E-state index in [4.69, 9.17) is 5.11 Å². The van der Waals surface area contributed by atoms with Crippen LogP contribution in [0.4, 0.5) is 13.2 Å². The van der Waals surface area contributed by atoms with E-state index in [0.29, 0.717) is 5.75 Å². The Balaban J connectivity index is 4.07. The zero-order chi connectivity index (χ0) is 11.4. The van der Waals surface area contributed by atoms with Crippen LogP contribution in [0.1, 0.15) is 13.8 Å². The van der Waals surface area contributed by atoms with Crippen molar-refractivity contribution >= 4 is 17.7 Å². The quantitative estimate of drug-likeness (QED) is 0.788. The normalized spacial score (nSPS) is 14.4. The van der Waals surface area contributed by atoms with E-state index in [1.165, 1.54) is 0 Å². The van der Waals surface area contributed by atoms with Gasteiger partial charge in [0, 0.05) is 5.75 Å². The summed E-state index contributed by atoms with van der Waals surface area (Å²) in [5, 5.41) is 8.34. The number of thioether (sulfide) groups is 1. The Labute approximate surface area is 84.9 Å². The van der Waals surface area contributed by atoms with Crippen molar-refractivity contribution in [1.29, 1.82) is 0 Å². The Hall–Kier alpha value is -0.390. The maximum Gasteiger partial charge on any atom is 0.403 e. The standard InChI is InChI=1S/C8H13F3O2S/c1-5(2)3-14-4-6(7(12)13)8(9,10)11/h5-6H,3-4H2,1-2H3,(H,12,13). The molecule has 0 aliphatic carbocycles. The summed E-state index contributed by atoms with van der Waals surface area (Å²) in [7, 11) is 0. The molecule has 0 radical (unpaired) electrons. The molecule has 0 aromatic heterocycles. The highest BCUT2D eigenvalue weighted by atomic mass is 32.2. The van der Waals surface area contributed by atoms with Crippen molar-refractivity contribution in [2.24, 2.45) is 11.8 Å². The fraction of sp³-hybridized carbons (Fsp3) is 0.875. The summed E-state index contributed by atoms with van der Waals surface area (Å²) in [6, 6.07) is 0. The maximum absolute atomic E-state index is 12.1. The molecule has 1 unspecified atom stereocenters. The number of hydrogen-bond donors (Lipinski definition) is 1. The first-order chi connectivity index (χ1) is 6.25. The predicted molar refractivity (Wildman–Crippen MR) is 49.3 cm³/mol. The lowest BCUT2D eigenvalue weighted by Crippen LogP contribution is -2.32. The molecule has 1 N–H and O–H groups in total. The lowest BCUT2D eigenvalue weighted by molar-refractivity contribution is -0.188. The van der Waals surface area contributed by atoms with Gasteiger partial charge in [-0.1, -0.05) is 13.8 Å². The van der Waals surface area contributed by atoms with Crippen LogP contribution in [0.15, 0.2) is 0 Å². The molecule has 2 nitrogen and oxygen atoms in total. The number of carboxylic acid groups (broad SMARTS) is 1. The van der Waals surface area contributed by atoms with Crippen LogP contribution < -0.4 is 0 Å². The van der Waals surface area contributed by atoms with E-state index >= 15 is 0 Å². The molecular formula is C8H13F3O2S. The molecule has 0 aromatic carbocycles. The van der Waals surface area contributed by atoms with Gasteiger partial charge >= 0.3 is 12.1 Å². The Morgan fingerprint density at radius 2 is 1.86 bits per heavy atom. The van der Waals surface area contributed by atoms with Crippen LogP contribution in [0.3, 0.4) is 0 Å². The fourth-order valence-corrected chi connectivity index (χ4v) is 1.90. The third-order valence-corrected chi connectivity index (χ3v) is 2.90. The van der Waals surface area contributed by atoms with Gasteiger partial charge in [-0.05, 0) is 11.7 Å². The Morgan fingerprint density at radius 3 is 2.14 bits per heavy atom. The van der Waals surface area contributed by atoms with Gasteiger partial charge in [0.15, 0.2) is 5.92 Å². The van der Waals surface area contributed by atoms with Crippen LogP contribution in [0, 0.1) is 11.8 Å². The van der Waals surface area contributed by atoms with Crippen molar-refractivity contribution < 1.29 is 23.1 Å². The molecule has 0 amide bonds. The molecule has 0 fully saturated rings. The minimum Gasteiger partial charge on any atom is -0.481 e. The second kappa shape index (κ2) is 5.48. The van der Waals surface area contributed by atoms with Gasteiger partial charge in [0.25, 0.3) is 0 Å². The molecule has 0 rings (SSSR count). The minimum absolute atomic E-state index is 0.266. The molecule has 0 saturated carbocycles. The number of halogens is 3. The summed E-state index contributed by atoms with van der Waals surface area (Å²) in [4.78, 5) is 10.3. The van der Waals surface area contributed by atoms with Crippen molar-refractivity contribution in [2.75, 3.05) is 11.5 Å². The molecule has 84 valence electrons. The second-order valence-electron chi connectivity index (χ2n) is 3.36. The van der Waals surface area contributed by atoms with Crippen LogP contribution in [-0.2, 0) is 4.79 Å². The van der Waals surface area contributed by atoms with E-state index in [9.17, 15) is 18.0 Å². The summed E-state index contributed by atoms with van der Waals surface area (Å²) in [5.74, 6) is -3.64. The monoisotopic (exact) mass is 230 g/mol. The van der Waals surface area contributed by atoms with Crippen molar-refractivity contribution in [3.8, 4) is 0 Å². The SMILES string of the molecule is CC(C)CSCC(C(=O)O)C(F)(F)F. The maximum atomic E-state index is 12.1. The van der Waals surface area contributed by atoms with E-state index in [1.807, 2.05) is 13.8 Å².